The molecular weight excluding hydrogens is 286 g/mol. The number of aryl methyl sites for hydroxylation is 2. The van der Waals surface area contributed by atoms with Crippen LogP contribution in [0.2, 0.25) is 0 Å². The first kappa shape index (κ1) is 14.9. The van der Waals surface area contributed by atoms with Crippen LogP contribution in [0.15, 0.2) is 28.0 Å². The minimum atomic E-state index is -0.243. The van der Waals surface area contributed by atoms with Gasteiger partial charge in [-0.25, -0.2) is 0 Å². The highest BCUT2D eigenvalue weighted by atomic mass is 32.1. The van der Waals surface area contributed by atoms with Gasteiger partial charge in [-0.1, -0.05) is 6.92 Å². The zero-order valence-corrected chi connectivity index (χ0v) is 13.5. The summed E-state index contributed by atoms with van der Waals surface area (Å²) < 4.78 is 13.5. The van der Waals surface area contributed by atoms with E-state index in [-0.39, 0.29) is 23.2 Å². The molecule has 0 radical (unpaired) electrons. The van der Waals surface area contributed by atoms with Gasteiger partial charge in [0.1, 0.15) is 6.10 Å². The van der Waals surface area contributed by atoms with E-state index < -0.39 is 0 Å². The molecule has 3 atom stereocenters. The van der Waals surface area contributed by atoms with E-state index in [0.29, 0.717) is 13.2 Å². The minimum absolute atomic E-state index is 0.0390. The number of hydrogen-bond donors (Lipinski definition) is 1. The summed E-state index contributed by atoms with van der Waals surface area (Å²) in [5.41, 5.74) is 1.65. The molecule has 1 aromatic rings. The molecule has 0 aromatic carbocycles. The van der Waals surface area contributed by atoms with Gasteiger partial charge < -0.3 is 14.0 Å². The van der Waals surface area contributed by atoms with Crippen LogP contribution in [0.3, 0.4) is 0 Å². The molecule has 2 heterocycles. The molecule has 3 rings (SSSR count). The van der Waals surface area contributed by atoms with Gasteiger partial charge in [0.05, 0.1) is 19.3 Å². The highest BCUT2D eigenvalue weighted by molar-refractivity contribution is 7.84. The van der Waals surface area contributed by atoms with E-state index >= 15 is 0 Å². The fourth-order valence-corrected chi connectivity index (χ4v) is 3.88. The van der Waals surface area contributed by atoms with Gasteiger partial charge >= 0.3 is 0 Å². The molecule has 1 fully saturated rings. The number of pyridine rings is 1. The maximum atomic E-state index is 11.9. The maximum Gasteiger partial charge on any atom is 0.253 e. The maximum absolute atomic E-state index is 11.9. The van der Waals surface area contributed by atoms with Gasteiger partial charge in [-0.15, -0.1) is 12.6 Å². The van der Waals surface area contributed by atoms with Gasteiger partial charge in [0.25, 0.3) is 5.56 Å². The molecule has 0 amide bonds. The first-order chi connectivity index (χ1) is 9.91. The van der Waals surface area contributed by atoms with E-state index in [1.54, 1.807) is 11.6 Å². The van der Waals surface area contributed by atoms with Crippen LogP contribution >= 0.6 is 12.6 Å². The SMILES string of the molecule is Cc1cc(C2(C)CC(S)=CC3OCCOC32)cn(C)c1=O. The first-order valence-electron chi connectivity index (χ1n) is 7.22. The summed E-state index contributed by atoms with van der Waals surface area (Å²) in [6.07, 6.45) is 4.64. The Morgan fingerprint density at radius 3 is 2.81 bits per heavy atom. The van der Waals surface area contributed by atoms with Crippen LogP contribution in [-0.4, -0.2) is 30.0 Å². The van der Waals surface area contributed by atoms with Gasteiger partial charge in [-0.3, -0.25) is 4.79 Å². The van der Waals surface area contributed by atoms with E-state index in [1.807, 2.05) is 25.3 Å². The van der Waals surface area contributed by atoms with Gasteiger partial charge in [-0.05, 0) is 36.0 Å². The van der Waals surface area contributed by atoms with Crippen molar-refractivity contribution in [3.8, 4) is 0 Å². The van der Waals surface area contributed by atoms with Crippen LogP contribution < -0.4 is 5.56 Å². The van der Waals surface area contributed by atoms with Crippen LogP contribution in [0.25, 0.3) is 0 Å². The third kappa shape index (κ3) is 2.47. The highest BCUT2D eigenvalue weighted by Gasteiger charge is 2.46. The van der Waals surface area contributed by atoms with E-state index in [9.17, 15) is 4.79 Å². The van der Waals surface area contributed by atoms with E-state index in [1.165, 1.54) is 0 Å². The van der Waals surface area contributed by atoms with Crippen molar-refractivity contribution in [2.24, 2.45) is 7.05 Å². The average molecular weight is 307 g/mol. The number of aromatic nitrogens is 1. The lowest BCUT2D eigenvalue weighted by atomic mass is 9.70. The molecule has 2 aliphatic rings. The summed E-state index contributed by atoms with van der Waals surface area (Å²) in [7, 11) is 1.79. The number of thiol groups is 1. The van der Waals surface area contributed by atoms with Crippen LogP contribution in [0.1, 0.15) is 24.5 Å². The number of fused-ring (bicyclic) bond motifs is 1. The average Bonchev–Trinajstić information content (AvgIpc) is 2.44. The van der Waals surface area contributed by atoms with Gasteiger partial charge in [0.15, 0.2) is 0 Å². The molecule has 21 heavy (non-hydrogen) atoms. The van der Waals surface area contributed by atoms with E-state index in [2.05, 4.69) is 19.6 Å². The second-order valence-corrected chi connectivity index (χ2v) is 6.78. The van der Waals surface area contributed by atoms with E-state index in [0.717, 1.165) is 22.5 Å². The Kier molecular flexibility index (Phi) is 3.76. The molecular formula is C16H21NO3S. The van der Waals surface area contributed by atoms with Crippen molar-refractivity contribution in [1.82, 2.24) is 4.57 Å². The Hall–Kier alpha value is -1.04. The highest BCUT2D eigenvalue weighted by Crippen LogP contribution is 2.43. The predicted octanol–water partition coefficient (Wildman–Crippen LogP) is 1.95. The van der Waals surface area contributed by atoms with E-state index in [4.69, 9.17) is 9.47 Å². The summed E-state index contributed by atoms with van der Waals surface area (Å²) in [6.45, 7) is 5.24. The Morgan fingerprint density at radius 2 is 2.10 bits per heavy atom. The lowest BCUT2D eigenvalue weighted by Gasteiger charge is -2.46. The smallest absolute Gasteiger partial charge is 0.253 e. The van der Waals surface area contributed by atoms with Crippen LogP contribution in [0.5, 0.6) is 0 Å². The molecule has 1 aromatic heterocycles. The number of nitrogens with zero attached hydrogens (tertiary/aromatic N) is 1. The van der Waals surface area contributed by atoms with Gasteiger partial charge in [0, 0.05) is 24.2 Å². The van der Waals surface area contributed by atoms with Crippen molar-refractivity contribution >= 4 is 12.6 Å². The first-order valence-corrected chi connectivity index (χ1v) is 7.67. The van der Waals surface area contributed by atoms with Crippen molar-refractivity contribution < 1.29 is 9.47 Å². The summed E-state index contributed by atoms with van der Waals surface area (Å²) in [5.74, 6) is 0. The van der Waals surface area contributed by atoms with Crippen LogP contribution in [0, 0.1) is 6.92 Å². The zero-order chi connectivity index (χ0) is 15.2. The van der Waals surface area contributed by atoms with Gasteiger partial charge in [-0.2, -0.15) is 0 Å². The number of rotatable bonds is 1. The molecule has 4 nitrogen and oxygen atoms in total. The molecule has 3 unspecified atom stereocenters. The van der Waals surface area contributed by atoms with Crippen molar-refractivity contribution in [2.45, 2.75) is 37.9 Å². The third-order valence-corrected chi connectivity index (χ3v) is 4.85. The summed E-state index contributed by atoms with van der Waals surface area (Å²) >= 11 is 4.57. The second kappa shape index (κ2) is 5.30. The fourth-order valence-electron chi connectivity index (χ4n) is 3.41. The summed E-state index contributed by atoms with van der Waals surface area (Å²) in [6, 6.07) is 1.98. The quantitative estimate of drug-likeness (QED) is 0.806. The number of ether oxygens (including phenoxy) is 2. The molecule has 1 saturated heterocycles. The Morgan fingerprint density at radius 1 is 1.38 bits per heavy atom. The van der Waals surface area contributed by atoms with Crippen LogP contribution in [-0.2, 0) is 21.9 Å². The molecule has 0 saturated carbocycles. The van der Waals surface area contributed by atoms with Crippen molar-refractivity contribution in [2.75, 3.05) is 13.2 Å². The van der Waals surface area contributed by atoms with Crippen LogP contribution in [0.4, 0.5) is 0 Å². The molecule has 0 N–H and O–H groups in total. The minimum Gasteiger partial charge on any atom is -0.372 e. The summed E-state index contributed by atoms with van der Waals surface area (Å²) in [4.78, 5) is 12.9. The zero-order valence-electron chi connectivity index (χ0n) is 12.6. The monoisotopic (exact) mass is 307 g/mol. The lowest BCUT2D eigenvalue weighted by molar-refractivity contribution is -0.151. The molecule has 5 heteroatoms. The number of hydrogen-bond acceptors (Lipinski definition) is 4. The molecule has 0 spiro atoms. The summed E-state index contributed by atoms with van der Waals surface area (Å²) in [5, 5.41) is 0. The second-order valence-electron chi connectivity index (χ2n) is 6.21. The molecule has 114 valence electrons. The van der Waals surface area contributed by atoms with Gasteiger partial charge in [0.2, 0.25) is 0 Å². The Bertz CT molecular complexity index is 625. The normalized spacial score (nSPS) is 32.5. The topological polar surface area (TPSA) is 40.5 Å². The van der Waals surface area contributed by atoms with Crippen molar-refractivity contribution in [3.05, 3.63) is 44.7 Å². The predicted molar refractivity (Wildman–Crippen MR) is 84.9 cm³/mol. The Balaban J connectivity index is 2.10. The third-order valence-electron chi connectivity index (χ3n) is 4.54. The molecule has 1 aliphatic carbocycles. The largest absolute Gasteiger partial charge is 0.372 e. The molecule has 0 bridgehead atoms. The molecule has 1 aliphatic heterocycles. The Labute approximate surface area is 130 Å². The lowest BCUT2D eigenvalue weighted by Crippen LogP contribution is -2.52. The fraction of sp³-hybridized carbons (Fsp3) is 0.562. The standard InChI is InChI=1S/C16H21NO3S/c1-10-6-11(9-17(3)15(10)18)16(2)8-12(21)7-13-14(16)20-5-4-19-13/h6-7,9,13-14,21H,4-5,8H2,1-3H3. The van der Waals surface area contributed by atoms with Crippen molar-refractivity contribution in [1.29, 1.82) is 0 Å². The number of allylic oxidation sites excluding steroid dienone is 1. The van der Waals surface area contributed by atoms with Crippen molar-refractivity contribution in [3.63, 3.8) is 0 Å².